The Morgan fingerprint density at radius 1 is 1.28 bits per heavy atom. The van der Waals surface area contributed by atoms with E-state index in [9.17, 15) is 9.18 Å². The molecule has 1 heterocycles. The molecule has 2 aromatic rings. The van der Waals surface area contributed by atoms with E-state index in [1.54, 1.807) is 24.3 Å². The lowest BCUT2D eigenvalue weighted by molar-refractivity contribution is 0.0915. The van der Waals surface area contributed by atoms with Gasteiger partial charge >= 0.3 is 0 Å². The van der Waals surface area contributed by atoms with Crippen molar-refractivity contribution in [2.45, 2.75) is 6.54 Å². The van der Waals surface area contributed by atoms with Crippen LogP contribution in [-0.4, -0.2) is 24.3 Å². The van der Waals surface area contributed by atoms with E-state index in [2.05, 4.69) is 0 Å². The van der Waals surface area contributed by atoms with Gasteiger partial charge in [-0.05, 0) is 36.9 Å². The van der Waals surface area contributed by atoms with Gasteiger partial charge in [-0.1, -0.05) is 12.1 Å². The minimum absolute atomic E-state index is 0.0652. The Kier molecular flexibility index (Phi) is 3.89. The maximum absolute atomic E-state index is 12.7. The number of carbonyl (C=O) groups is 1. The monoisotopic (exact) mass is 247 g/mol. The molecule has 18 heavy (non-hydrogen) atoms. The number of halogens is 1. The standard InChI is InChI=1S/C14H14FNO2/c1-16(9-11-4-6-12(15)7-5-11)10-13(17)14-3-2-8-18-14/h2-8H,9-10H2,1H3. The first kappa shape index (κ1) is 12.5. The van der Waals surface area contributed by atoms with E-state index in [1.807, 2.05) is 11.9 Å². The third-order valence-electron chi connectivity index (χ3n) is 2.58. The molecule has 2 rings (SSSR count). The van der Waals surface area contributed by atoms with E-state index in [0.29, 0.717) is 12.3 Å². The van der Waals surface area contributed by atoms with Gasteiger partial charge in [0.1, 0.15) is 5.82 Å². The quantitative estimate of drug-likeness (QED) is 0.762. The lowest BCUT2D eigenvalue weighted by Gasteiger charge is -2.14. The van der Waals surface area contributed by atoms with Crippen molar-refractivity contribution in [3.63, 3.8) is 0 Å². The van der Waals surface area contributed by atoms with Crippen molar-refractivity contribution in [2.75, 3.05) is 13.6 Å². The Morgan fingerprint density at radius 3 is 2.61 bits per heavy atom. The number of benzene rings is 1. The van der Waals surface area contributed by atoms with Crippen LogP contribution in [0.1, 0.15) is 16.1 Å². The summed E-state index contributed by atoms with van der Waals surface area (Å²) in [6.07, 6.45) is 1.48. The van der Waals surface area contributed by atoms with Gasteiger partial charge in [0, 0.05) is 6.54 Å². The van der Waals surface area contributed by atoms with E-state index in [0.717, 1.165) is 5.56 Å². The maximum atomic E-state index is 12.7. The fourth-order valence-corrected chi connectivity index (χ4v) is 1.72. The zero-order valence-electron chi connectivity index (χ0n) is 10.1. The maximum Gasteiger partial charge on any atom is 0.211 e. The summed E-state index contributed by atoms with van der Waals surface area (Å²) < 4.78 is 17.8. The highest BCUT2D eigenvalue weighted by atomic mass is 19.1. The number of nitrogens with zero attached hydrogens (tertiary/aromatic N) is 1. The number of Topliss-reactive ketones (excluding diaryl/α,β-unsaturated/α-hetero) is 1. The molecule has 0 amide bonds. The van der Waals surface area contributed by atoms with Crippen LogP contribution in [0.2, 0.25) is 0 Å². The minimum Gasteiger partial charge on any atom is -0.461 e. The molecule has 4 heteroatoms. The molecule has 0 radical (unpaired) electrons. The fourth-order valence-electron chi connectivity index (χ4n) is 1.72. The van der Waals surface area contributed by atoms with Crippen molar-refractivity contribution in [3.8, 4) is 0 Å². The number of likely N-dealkylation sites (N-methyl/N-ethyl adjacent to an activating group) is 1. The van der Waals surface area contributed by atoms with Crippen molar-refractivity contribution in [1.29, 1.82) is 0 Å². The molecule has 0 fully saturated rings. The topological polar surface area (TPSA) is 33.5 Å². The first-order chi connectivity index (χ1) is 8.65. The van der Waals surface area contributed by atoms with Crippen molar-refractivity contribution < 1.29 is 13.6 Å². The highest BCUT2D eigenvalue weighted by Gasteiger charge is 2.11. The van der Waals surface area contributed by atoms with Gasteiger partial charge in [-0.25, -0.2) is 4.39 Å². The van der Waals surface area contributed by atoms with Crippen molar-refractivity contribution in [3.05, 3.63) is 59.8 Å². The predicted octanol–water partition coefficient (Wildman–Crippen LogP) is 2.73. The van der Waals surface area contributed by atoms with Crippen LogP contribution >= 0.6 is 0 Å². The largest absolute Gasteiger partial charge is 0.461 e. The molecule has 0 atom stereocenters. The lowest BCUT2D eigenvalue weighted by Crippen LogP contribution is -2.25. The van der Waals surface area contributed by atoms with Gasteiger partial charge in [0.2, 0.25) is 5.78 Å². The number of carbonyl (C=O) groups excluding carboxylic acids is 1. The Morgan fingerprint density at radius 2 is 2.00 bits per heavy atom. The molecule has 0 saturated heterocycles. The van der Waals surface area contributed by atoms with Crippen LogP contribution in [0, 0.1) is 5.82 Å². The number of hydrogen-bond donors (Lipinski definition) is 0. The van der Waals surface area contributed by atoms with Gasteiger partial charge in [0.05, 0.1) is 12.8 Å². The van der Waals surface area contributed by atoms with Gasteiger partial charge in [-0.2, -0.15) is 0 Å². The Hall–Kier alpha value is -1.94. The van der Waals surface area contributed by atoms with Gasteiger partial charge in [0.25, 0.3) is 0 Å². The fraction of sp³-hybridized carbons (Fsp3) is 0.214. The van der Waals surface area contributed by atoms with Crippen LogP contribution in [0.25, 0.3) is 0 Å². The molecule has 0 bridgehead atoms. The van der Waals surface area contributed by atoms with Crippen molar-refractivity contribution in [1.82, 2.24) is 4.90 Å². The summed E-state index contributed by atoms with van der Waals surface area (Å²) >= 11 is 0. The van der Waals surface area contributed by atoms with Crippen LogP contribution in [0.3, 0.4) is 0 Å². The molecule has 0 aliphatic carbocycles. The van der Waals surface area contributed by atoms with Crippen LogP contribution in [0.4, 0.5) is 4.39 Å². The van der Waals surface area contributed by atoms with E-state index < -0.39 is 0 Å². The lowest BCUT2D eigenvalue weighted by atomic mass is 10.2. The molecule has 0 saturated carbocycles. The molecule has 3 nitrogen and oxygen atoms in total. The van der Waals surface area contributed by atoms with Gasteiger partial charge in [-0.3, -0.25) is 9.69 Å². The summed E-state index contributed by atoms with van der Waals surface area (Å²) in [5.74, 6) is 0.0404. The second-order valence-electron chi connectivity index (χ2n) is 4.20. The zero-order valence-corrected chi connectivity index (χ0v) is 10.1. The predicted molar refractivity (Wildman–Crippen MR) is 65.8 cm³/mol. The molecule has 0 N–H and O–H groups in total. The van der Waals surface area contributed by atoms with Crippen LogP contribution in [-0.2, 0) is 6.54 Å². The van der Waals surface area contributed by atoms with Gasteiger partial charge in [0.15, 0.2) is 5.76 Å². The molecule has 0 aliphatic rings. The summed E-state index contributed by atoms with van der Waals surface area (Å²) in [5, 5.41) is 0. The summed E-state index contributed by atoms with van der Waals surface area (Å²) in [5.41, 5.74) is 0.964. The molecular formula is C14H14FNO2. The molecule has 1 aromatic heterocycles. The molecular weight excluding hydrogens is 233 g/mol. The number of ketones is 1. The summed E-state index contributed by atoms with van der Waals surface area (Å²) in [6.45, 7) is 0.859. The van der Waals surface area contributed by atoms with E-state index >= 15 is 0 Å². The van der Waals surface area contributed by atoms with Crippen molar-refractivity contribution >= 4 is 5.78 Å². The summed E-state index contributed by atoms with van der Waals surface area (Å²) in [6, 6.07) is 9.59. The molecule has 0 aliphatic heterocycles. The molecule has 94 valence electrons. The van der Waals surface area contributed by atoms with Crippen LogP contribution < -0.4 is 0 Å². The van der Waals surface area contributed by atoms with Crippen molar-refractivity contribution in [2.24, 2.45) is 0 Å². The van der Waals surface area contributed by atoms with Gasteiger partial charge in [-0.15, -0.1) is 0 Å². The van der Waals surface area contributed by atoms with E-state index in [1.165, 1.54) is 18.4 Å². The number of hydrogen-bond acceptors (Lipinski definition) is 3. The Labute approximate surface area is 105 Å². The Balaban J connectivity index is 1.90. The summed E-state index contributed by atoms with van der Waals surface area (Å²) in [4.78, 5) is 13.6. The SMILES string of the molecule is CN(CC(=O)c1ccco1)Cc1ccc(F)cc1. The smallest absolute Gasteiger partial charge is 0.211 e. The zero-order chi connectivity index (χ0) is 13.0. The number of rotatable bonds is 5. The van der Waals surface area contributed by atoms with Crippen LogP contribution in [0.15, 0.2) is 47.1 Å². The minimum atomic E-state index is -0.256. The van der Waals surface area contributed by atoms with E-state index in [-0.39, 0.29) is 18.1 Å². The average Bonchev–Trinajstić information content (AvgIpc) is 2.85. The third-order valence-corrected chi connectivity index (χ3v) is 2.58. The van der Waals surface area contributed by atoms with E-state index in [4.69, 9.17) is 4.42 Å². The first-order valence-corrected chi connectivity index (χ1v) is 5.65. The highest BCUT2D eigenvalue weighted by Crippen LogP contribution is 2.07. The molecule has 1 aromatic carbocycles. The first-order valence-electron chi connectivity index (χ1n) is 5.65. The summed E-state index contributed by atoms with van der Waals surface area (Å²) in [7, 11) is 1.84. The molecule has 0 spiro atoms. The van der Waals surface area contributed by atoms with Crippen LogP contribution in [0.5, 0.6) is 0 Å². The highest BCUT2D eigenvalue weighted by molar-refractivity contribution is 5.94. The Bertz CT molecular complexity index is 505. The average molecular weight is 247 g/mol. The third kappa shape index (κ3) is 3.28. The molecule has 0 unspecified atom stereocenters. The second-order valence-corrected chi connectivity index (χ2v) is 4.20. The number of furan rings is 1. The second kappa shape index (κ2) is 5.60. The van der Waals surface area contributed by atoms with Gasteiger partial charge < -0.3 is 4.42 Å². The normalized spacial score (nSPS) is 10.8.